The van der Waals surface area contributed by atoms with Gasteiger partial charge in [0.15, 0.2) is 0 Å². The molecule has 0 N–H and O–H groups in total. The predicted octanol–water partition coefficient (Wildman–Crippen LogP) is 1.84. The number of hydrogen-bond donors (Lipinski definition) is 0. The number of ketones is 1. The van der Waals surface area contributed by atoms with Crippen molar-refractivity contribution in [1.29, 1.82) is 0 Å². The molecular formula is C13H16O3. The van der Waals surface area contributed by atoms with Gasteiger partial charge in [-0.15, -0.1) is 0 Å². The number of carbonyl (C=O) groups is 2. The van der Waals surface area contributed by atoms with Crippen molar-refractivity contribution < 1.29 is 14.3 Å². The van der Waals surface area contributed by atoms with Crippen molar-refractivity contribution in [2.24, 2.45) is 0 Å². The fraction of sp³-hybridized carbons (Fsp3) is 0.385. The second-order valence-corrected chi connectivity index (χ2v) is 3.90. The number of benzene rings is 1. The van der Waals surface area contributed by atoms with Gasteiger partial charge < -0.3 is 4.74 Å². The van der Waals surface area contributed by atoms with Gasteiger partial charge in [0, 0.05) is 6.42 Å². The molecule has 3 nitrogen and oxygen atoms in total. The molecule has 16 heavy (non-hydrogen) atoms. The summed E-state index contributed by atoms with van der Waals surface area (Å²) in [6.45, 7) is 3.50. The Kier molecular flexibility index (Phi) is 4.23. The molecule has 0 fully saturated rings. The molecule has 0 aromatic heterocycles. The summed E-state index contributed by atoms with van der Waals surface area (Å²) >= 11 is 0. The van der Waals surface area contributed by atoms with Crippen molar-refractivity contribution in [2.45, 2.75) is 26.7 Å². The lowest BCUT2D eigenvalue weighted by molar-refractivity contribution is -0.139. The van der Waals surface area contributed by atoms with Crippen LogP contribution in [0.4, 0.5) is 0 Å². The maximum absolute atomic E-state index is 11.2. The third kappa shape index (κ3) is 3.50. The Hall–Kier alpha value is -1.64. The molecule has 0 heterocycles. The number of rotatable bonds is 4. The van der Waals surface area contributed by atoms with E-state index in [-0.39, 0.29) is 18.2 Å². The first-order chi connectivity index (χ1) is 7.52. The molecule has 0 aliphatic heterocycles. The van der Waals surface area contributed by atoms with Crippen LogP contribution in [0.3, 0.4) is 0 Å². The zero-order valence-electron chi connectivity index (χ0n) is 9.87. The van der Waals surface area contributed by atoms with E-state index in [0.29, 0.717) is 6.42 Å². The lowest BCUT2D eigenvalue weighted by Crippen LogP contribution is -2.09. The molecule has 0 saturated carbocycles. The van der Waals surface area contributed by atoms with Crippen LogP contribution in [0.2, 0.25) is 0 Å². The molecule has 1 aromatic carbocycles. The first-order valence-electron chi connectivity index (χ1n) is 5.17. The molecule has 3 heteroatoms. The second kappa shape index (κ2) is 5.45. The van der Waals surface area contributed by atoms with Crippen LogP contribution >= 0.6 is 0 Å². The topological polar surface area (TPSA) is 43.4 Å². The van der Waals surface area contributed by atoms with E-state index >= 15 is 0 Å². The van der Waals surface area contributed by atoms with Crippen molar-refractivity contribution in [1.82, 2.24) is 0 Å². The van der Waals surface area contributed by atoms with E-state index < -0.39 is 0 Å². The van der Waals surface area contributed by atoms with Gasteiger partial charge in [-0.3, -0.25) is 9.59 Å². The lowest BCUT2D eigenvalue weighted by Gasteiger charge is -2.08. The van der Waals surface area contributed by atoms with Crippen LogP contribution in [-0.4, -0.2) is 18.9 Å². The van der Waals surface area contributed by atoms with Gasteiger partial charge in [0.25, 0.3) is 0 Å². The van der Waals surface area contributed by atoms with Crippen molar-refractivity contribution in [3.63, 3.8) is 0 Å². The molecule has 0 bridgehead atoms. The normalized spacial score (nSPS) is 9.94. The molecule has 0 spiro atoms. The number of methoxy groups -OCH3 is 1. The van der Waals surface area contributed by atoms with Crippen LogP contribution in [-0.2, 0) is 27.2 Å². The third-order valence-corrected chi connectivity index (χ3v) is 2.36. The van der Waals surface area contributed by atoms with Gasteiger partial charge in [0.05, 0.1) is 13.5 Å². The Bertz CT molecular complexity index is 408. The van der Waals surface area contributed by atoms with Gasteiger partial charge in [-0.2, -0.15) is 0 Å². The van der Waals surface area contributed by atoms with Crippen molar-refractivity contribution >= 4 is 11.8 Å². The first kappa shape index (κ1) is 12.4. The quantitative estimate of drug-likeness (QED) is 0.727. The maximum Gasteiger partial charge on any atom is 0.309 e. The molecule has 0 saturated heterocycles. The number of hydrogen-bond acceptors (Lipinski definition) is 3. The van der Waals surface area contributed by atoms with Crippen LogP contribution in [0.1, 0.15) is 23.6 Å². The van der Waals surface area contributed by atoms with Crippen LogP contribution in [0.25, 0.3) is 0 Å². The highest BCUT2D eigenvalue weighted by molar-refractivity contribution is 5.79. The van der Waals surface area contributed by atoms with E-state index in [1.54, 1.807) is 6.92 Å². The molecule has 86 valence electrons. The van der Waals surface area contributed by atoms with Crippen molar-refractivity contribution in [3.05, 3.63) is 34.9 Å². The SMILES string of the molecule is COC(=O)Cc1cc(C)ccc1CC(C)=O. The minimum Gasteiger partial charge on any atom is -0.469 e. The Labute approximate surface area is 95.4 Å². The van der Waals surface area contributed by atoms with Gasteiger partial charge in [0.1, 0.15) is 5.78 Å². The fourth-order valence-electron chi connectivity index (χ4n) is 1.59. The largest absolute Gasteiger partial charge is 0.469 e. The molecular weight excluding hydrogens is 204 g/mol. The van der Waals surface area contributed by atoms with Crippen molar-refractivity contribution in [2.75, 3.05) is 7.11 Å². The van der Waals surface area contributed by atoms with E-state index in [1.807, 2.05) is 25.1 Å². The van der Waals surface area contributed by atoms with Gasteiger partial charge in [-0.05, 0) is 25.0 Å². The van der Waals surface area contributed by atoms with Crippen molar-refractivity contribution in [3.8, 4) is 0 Å². The summed E-state index contributed by atoms with van der Waals surface area (Å²) in [7, 11) is 1.36. The minimum atomic E-state index is -0.282. The Balaban J connectivity index is 2.98. The summed E-state index contributed by atoms with van der Waals surface area (Å²) in [6.07, 6.45) is 0.591. The Morgan fingerprint density at radius 2 is 1.88 bits per heavy atom. The summed E-state index contributed by atoms with van der Waals surface area (Å²) in [5, 5.41) is 0. The van der Waals surface area contributed by atoms with Crippen LogP contribution in [0, 0.1) is 6.92 Å². The monoisotopic (exact) mass is 220 g/mol. The average molecular weight is 220 g/mol. The van der Waals surface area contributed by atoms with Crippen LogP contribution in [0.5, 0.6) is 0 Å². The van der Waals surface area contributed by atoms with E-state index in [1.165, 1.54) is 7.11 Å². The Morgan fingerprint density at radius 1 is 1.19 bits per heavy atom. The van der Waals surface area contributed by atoms with Crippen LogP contribution in [0.15, 0.2) is 18.2 Å². The standard InChI is InChI=1S/C13H16O3/c1-9-4-5-11(7-10(2)14)12(6-9)8-13(15)16-3/h4-6H,7-8H2,1-3H3. The average Bonchev–Trinajstić information content (AvgIpc) is 2.21. The molecule has 0 unspecified atom stereocenters. The molecule has 0 radical (unpaired) electrons. The number of aryl methyl sites for hydroxylation is 1. The number of ether oxygens (including phenoxy) is 1. The second-order valence-electron chi connectivity index (χ2n) is 3.90. The highest BCUT2D eigenvalue weighted by Crippen LogP contribution is 2.14. The third-order valence-electron chi connectivity index (χ3n) is 2.36. The maximum atomic E-state index is 11.2. The number of esters is 1. The molecule has 0 aliphatic carbocycles. The smallest absolute Gasteiger partial charge is 0.309 e. The molecule has 0 atom stereocenters. The number of carbonyl (C=O) groups excluding carboxylic acids is 2. The highest BCUT2D eigenvalue weighted by Gasteiger charge is 2.09. The molecule has 1 rings (SSSR count). The highest BCUT2D eigenvalue weighted by atomic mass is 16.5. The fourth-order valence-corrected chi connectivity index (χ4v) is 1.59. The van der Waals surface area contributed by atoms with Gasteiger partial charge >= 0.3 is 5.97 Å². The van der Waals surface area contributed by atoms with Gasteiger partial charge in [0.2, 0.25) is 0 Å². The summed E-state index contributed by atoms with van der Waals surface area (Å²) in [5.41, 5.74) is 2.86. The van der Waals surface area contributed by atoms with E-state index in [4.69, 9.17) is 0 Å². The molecule has 1 aromatic rings. The van der Waals surface area contributed by atoms with Crippen LogP contribution < -0.4 is 0 Å². The number of Topliss-reactive ketones (excluding diaryl/α,β-unsaturated/α-hetero) is 1. The zero-order chi connectivity index (χ0) is 12.1. The van der Waals surface area contributed by atoms with E-state index in [9.17, 15) is 9.59 Å². The lowest BCUT2D eigenvalue weighted by atomic mass is 9.98. The van der Waals surface area contributed by atoms with Gasteiger partial charge in [-0.25, -0.2) is 0 Å². The summed E-state index contributed by atoms with van der Waals surface area (Å²) in [6, 6.07) is 5.77. The molecule has 0 amide bonds. The first-order valence-corrected chi connectivity index (χ1v) is 5.17. The van der Waals surface area contributed by atoms with E-state index in [0.717, 1.165) is 16.7 Å². The minimum absolute atomic E-state index is 0.0926. The predicted molar refractivity (Wildman–Crippen MR) is 61.3 cm³/mol. The summed E-state index contributed by atoms with van der Waals surface area (Å²) in [5.74, 6) is -0.189. The summed E-state index contributed by atoms with van der Waals surface area (Å²) < 4.78 is 4.63. The molecule has 0 aliphatic rings. The van der Waals surface area contributed by atoms with E-state index in [2.05, 4.69) is 4.74 Å². The summed E-state index contributed by atoms with van der Waals surface area (Å²) in [4.78, 5) is 22.3. The Morgan fingerprint density at radius 3 is 2.44 bits per heavy atom. The van der Waals surface area contributed by atoms with Gasteiger partial charge in [-0.1, -0.05) is 23.8 Å². The zero-order valence-corrected chi connectivity index (χ0v) is 9.87.